The summed E-state index contributed by atoms with van der Waals surface area (Å²) in [4.78, 5) is 6.57. The third kappa shape index (κ3) is 3.15. The molecule has 0 aromatic carbocycles. The molecule has 2 saturated heterocycles. The van der Waals surface area contributed by atoms with Gasteiger partial charge in [0.05, 0.1) is 18.5 Å². The third-order valence-electron chi connectivity index (χ3n) is 5.31. The van der Waals surface area contributed by atoms with Gasteiger partial charge in [0.1, 0.15) is 0 Å². The Kier molecular flexibility index (Phi) is 3.91. The molecule has 0 bridgehead atoms. The molecule has 126 valence electrons. The Bertz CT molecular complexity index is 662. The van der Waals surface area contributed by atoms with Crippen LogP contribution in [-0.2, 0) is 21.3 Å². The Morgan fingerprint density at radius 2 is 2.30 bits per heavy atom. The van der Waals surface area contributed by atoms with Gasteiger partial charge in [-0.05, 0) is 24.5 Å². The molecule has 2 atom stereocenters. The first-order valence-corrected chi connectivity index (χ1v) is 9.80. The predicted molar refractivity (Wildman–Crippen MR) is 86.2 cm³/mol. The van der Waals surface area contributed by atoms with E-state index in [-0.39, 0.29) is 10.7 Å². The summed E-state index contributed by atoms with van der Waals surface area (Å²) < 4.78 is 32.8. The van der Waals surface area contributed by atoms with Crippen LogP contribution in [0.3, 0.4) is 0 Å². The maximum atomic E-state index is 12.1. The van der Waals surface area contributed by atoms with Gasteiger partial charge in [-0.15, -0.1) is 0 Å². The van der Waals surface area contributed by atoms with E-state index in [1.165, 1.54) is 5.56 Å². The monoisotopic (exact) mass is 337 g/mol. The van der Waals surface area contributed by atoms with Crippen molar-refractivity contribution in [1.82, 2.24) is 14.6 Å². The largest absolute Gasteiger partial charge is 0.380 e. The number of sulfonamides is 1. The van der Waals surface area contributed by atoms with E-state index < -0.39 is 10.0 Å². The molecule has 3 fully saturated rings. The zero-order valence-electron chi connectivity index (χ0n) is 13.1. The summed E-state index contributed by atoms with van der Waals surface area (Å²) in [6, 6.07) is 4.04. The number of nitrogens with zero attached hydrogens (tertiary/aromatic N) is 2. The molecule has 23 heavy (non-hydrogen) atoms. The number of likely N-dealkylation sites (tertiary alicyclic amines) is 1. The Morgan fingerprint density at radius 3 is 3.04 bits per heavy atom. The number of rotatable bonds is 6. The summed E-state index contributed by atoms with van der Waals surface area (Å²) in [6.45, 7) is 4.57. The lowest BCUT2D eigenvalue weighted by molar-refractivity contribution is 0.128. The standard InChI is InChI=1S/C16H23N3O3S/c20-23(21,15-3-4-15)18-10-16-11-19(8-14(16)9-22-12-16)7-13-2-1-5-17-6-13/h1-2,5-6,14-15,18H,3-4,7-12H2/t14-,16+/m1/s1. The van der Waals surface area contributed by atoms with Gasteiger partial charge in [-0.1, -0.05) is 6.07 Å². The van der Waals surface area contributed by atoms with Crippen molar-refractivity contribution < 1.29 is 13.2 Å². The van der Waals surface area contributed by atoms with Gasteiger partial charge in [0.25, 0.3) is 0 Å². The van der Waals surface area contributed by atoms with Gasteiger partial charge in [-0.25, -0.2) is 13.1 Å². The van der Waals surface area contributed by atoms with Gasteiger partial charge in [-0.3, -0.25) is 9.88 Å². The van der Waals surface area contributed by atoms with Crippen molar-refractivity contribution in [2.45, 2.75) is 24.6 Å². The molecule has 7 heteroatoms. The highest BCUT2D eigenvalue weighted by Gasteiger charge is 2.51. The number of ether oxygens (including phenoxy) is 1. The second kappa shape index (κ2) is 5.81. The van der Waals surface area contributed by atoms with Crippen LogP contribution in [0.2, 0.25) is 0 Å². The van der Waals surface area contributed by atoms with E-state index in [2.05, 4.69) is 20.7 Å². The highest BCUT2D eigenvalue weighted by atomic mass is 32.2. The fourth-order valence-corrected chi connectivity index (χ4v) is 5.28. The lowest BCUT2D eigenvalue weighted by Crippen LogP contribution is -2.43. The van der Waals surface area contributed by atoms with Crippen molar-refractivity contribution in [2.24, 2.45) is 11.3 Å². The molecule has 4 rings (SSSR count). The van der Waals surface area contributed by atoms with Crippen LogP contribution in [0.4, 0.5) is 0 Å². The first-order valence-electron chi connectivity index (χ1n) is 8.25. The minimum absolute atomic E-state index is 0.0792. The SMILES string of the molecule is O=S(=O)(NC[C@]12COC[C@H]1CN(Cc1cccnc1)C2)C1CC1. The van der Waals surface area contributed by atoms with Crippen LogP contribution in [-0.4, -0.2) is 56.4 Å². The summed E-state index contributed by atoms with van der Waals surface area (Å²) in [5.74, 6) is 0.404. The predicted octanol–water partition coefficient (Wildman–Crippen LogP) is 0.612. The highest BCUT2D eigenvalue weighted by Crippen LogP contribution is 2.41. The Balaban J connectivity index is 1.42. The van der Waals surface area contributed by atoms with E-state index in [0.29, 0.717) is 19.1 Å². The molecule has 0 radical (unpaired) electrons. The smallest absolute Gasteiger partial charge is 0.214 e. The molecule has 3 aliphatic rings. The Morgan fingerprint density at radius 1 is 1.43 bits per heavy atom. The van der Waals surface area contributed by atoms with Crippen molar-refractivity contribution in [3.63, 3.8) is 0 Å². The second-order valence-electron chi connectivity index (χ2n) is 7.17. The van der Waals surface area contributed by atoms with E-state index in [0.717, 1.165) is 39.1 Å². The molecule has 0 spiro atoms. The van der Waals surface area contributed by atoms with Crippen LogP contribution >= 0.6 is 0 Å². The molecule has 0 unspecified atom stereocenters. The number of hydrogen-bond donors (Lipinski definition) is 1. The van der Waals surface area contributed by atoms with Gasteiger partial charge in [0, 0.05) is 49.9 Å². The number of nitrogens with one attached hydrogen (secondary N) is 1. The summed E-state index contributed by atoms with van der Waals surface area (Å²) in [6.07, 6.45) is 5.28. The quantitative estimate of drug-likeness (QED) is 0.824. The maximum Gasteiger partial charge on any atom is 0.214 e. The minimum atomic E-state index is -3.13. The lowest BCUT2D eigenvalue weighted by atomic mass is 9.81. The van der Waals surface area contributed by atoms with E-state index in [4.69, 9.17) is 4.74 Å². The molecular formula is C16H23N3O3S. The van der Waals surface area contributed by atoms with Crippen molar-refractivity contribution in [3.05, 3.63) is 30.1 Å². The van der Waals surface area contributed by atoms with Crippen LogP contribution in [0.1, 0.15) is 18.4 Å². The van der Waals surface area contributed by atoms with Gasteiger partial charge in [0.15, 0.2) is 0 Å². The van der Waals surface area contributed by atoms with Crippen LogP contribution in [0.25, 0.3) is 0 Å². The van der Waals surface area contributed by atoms with Crippen LogP contribution in [0, 0.1) is 11.3 Å². The van der Waals surface area contributed by atoms with Crippen LogP contribution in [0.5, 0.6) is 0 Å². The van der Waals surface area contributed by atoms with E-state index in [1.54, 1.807) is 6.20 Å². The molecule has 1 aliphatic carbocycles. The summed E-state index contributed by atoms with van der Waals surface area (Å²) >= 11 is 0. The first kappa shape index (κ1) is 15.5. The Labute approximate surface area is 137 Å². The number of pyridine rings is 1. The number of fused-ring (bicyclic) bond motifs is 1. The highest BCUT2D eigenvalue weighted by molar-refractivity contribution is 7.90. The van der Waals surface area contributed by atoms with Crippen molar-refractivity contribution >= 4 is 10.0 Å². The second-order valence-corrected chi connectivity index (χ2v) is 9.22. The van der Waals surface area contributed by atoms with Crippen molar-refractivity contribution in [3.8, 4) is 0 Å². The van der Waals surface area contributed by atoms with Gasteiger partial charge >= 0.3 is 0 Å². The molecule has 0 amide bonds. The van der Waals surface area contributed by atoms with E-state index in [9.17, 15) is 8.42 Å². The molecule has 1 aromatic heterocycles. The fourth-order valence-electron chi connectivity index (χ4n) is 3.80. The molecule has 1 N–H and O–H groups in total. The molecule has 2 aliphatic heterocycles. The third-order valence-corrected chi connectivity index (χ3v) is 7.21. The van der Waals surface area contributed by atoms with Crippen molar-refractivity contribution in [2.75, 3.05) is 32.8 Å². The van der Waals surface area contributed by atoms with Crippen LogP contribution in [0.15, 0.2) is 24.5 Å². The fraction of sp³-hybridized carbons (Fsp3) is 0.688. The molecule has 1 aromatic rings. The summed E-state index contributed by atoms with van der Waals surface area (Å²) in [5, 5.41) is -0.160. The molecule has 3 heterocycles. The molecule has 6 nitrogen and oxygen atoms in total. The molecular weight excluding hydrogens is 314 g/mol. The van der Waals surface area contributed by atoms with Gasteiger partial charge in [0.2, 0.25) is 10.0 Å². The van der Waals surface area contributed by atoms with Crippen LogP contribution < -0.4 is 4.72 Å². The average Bonchev–Trinajstić information content (AvgIpc) is 3.24. The van der Waals surface area contributed by atoms with Crippen molar-refractivity contribution in [1.29, 1.82) is 0 Å². The average molecular weight is 337 g/mol. The maximum absolute atomic E-state index is 12.1. The lowest BCUT2D eigenvalue weighted by Gasteiger charge is -2.27. The van der Waals surface area contributed by atoms with Gasteiger partial charge in [-0.2, -0.15) is 0 Å². The van der Waals surface area contributed by atoms with Gasteiger partial charge < -0.3 is 4.74 Å². The Hall–Kier alpha value is -1.02. The normalized spacial score (nSPS) is 31.4. The zero-order chi connectivity index (χ0) is 15.9. The van der Waals surface area contributed by atoms with E-state index in [1.807, 2.05) is 12.3 Å². The summed E-state index contributed by atoms with van der Waals surface area (Å²) in [7, 11) is -3.13. The number of hydrogen-bond acceptors (Lipinski definition) is 5. The minimum Gasteiger partial charge on any atom is -0.380 e. The topological polar surface area (TPSA) is 71.5 Å². The first-order chi connectivity index (χ1) is 11.1. The number of aromatic nitrogens is 1. The van der Waals surface area contributed by atoms with E-state index >= 15 is 0 Å². The summed E-state index contributed by atoms with van der Waals surface area (Å²) in [5.41, 5.74) is 1.12. The zero-order valence-corrected chi connectivity index (χ0v) is 14.0. The molecule has 1 saturated carbocycles.